The van der Waals surface area contributed by atoms with Gasteiger partial charge in [-0.05, 0) is 56.0 Å². The van der Waals surface area contributed by atoms with E-state index in [0.717, 1.165) is 17.0 Å². The highest BCUT2D eigenvalue weighted by atomic mass is 19.1. The standard InChI is InChI=1S/C40H49F2N7O11/c1-20-8-27-17-58-22(3)34(39(55)49-16-28(50)14-30(49)38(54)47-6-7-57-18-31(47)36(52)43-21(2)37(53)48(27)15-20)46-35(51)29(11-23-9-24(41)12-25(42)10-23)45-40(56)44-26-4-5-32-33(13-26)60-19-59-32/h4-5,9-10,12-13,20-22,27-31,34,50H,6-8,11,14-19H2,1-3H3,(H,43,52)(H,46,51)(H2,44,45,56)/t20-,21+,22+,27+,28-,29+,30+,31+,34+/m1/s1. The average Bonchev–Trinajstić information content (AvgIpc) is 3.94. The summed E-state index contributed by atoms with van der Waals surface area (Å²) < 4.78 is 51.3. The third kappa shape index (κ3) is 9.39. The Bertz CT molecular complexity index is 1990. The summed E-state index contributed by atoms with van der Waals surface area (Å²) in [5, 5.41) is 21.4. The lowest BCUT2D eigenvalue weighted by atomic mass is 10.0. The summed E-state index contributed by atoms with van der Waals surface area (Å²) in [6.07, 6.45) is -2.33. The first-order chi connectivity index (χ1) is 28.6. The van der Waals surface area contributed by atoms with Gasteiger partial charge in [0.05, 0.1) is 38.1 Å². The molecule has 0 saturated carbocycles. The van der Waals surface area contributed by atoms with E-state index in [9.17, 15) is 42.7 Å². The number of rotatable bonds is 6. The van der Waals surface area contributed by atoms with Gasteiger partial charge in [0, 0.05) is 50.3 Å². The smallest absolute Gasteiger partial charge is 0.319 e. The Morgan fingerprint density at radius 1 is 0.883 bits per heavy atom. The number of urea groups is 1. The molecule has 4 saturated heterocycles. The lowest BCUT2D eigenvalue weighted by Crippen LogP contribution is -2.64. The fourth-order valence-electron chi connectivity index (χ4n) is 8.41. The second-order valence-corrected chi connectivity index (χ2v) is 16.0. The molecule has 0 aromatic heterocycles. The molecule has 0 radical (unpaired) electrons. The quantitative estimate of drug-likeness (QED) is 0.266. The number of aliphatic hydroxyl groups is 1. The van der Waals surface area contributed by atoms with Crippen molar-refractivity contribution in [3.8, 4) is 11.5 Å². The highest BCUT2D eigenvalue weighted by Gasteiger charge is 2.48. The molecule has 5 aliphatic heterocycles. The molecule has 0 aliphatic carbocycles. The molecule has 5 aliphatic rings. The van der Waals surface area contributed by atoms with Crippen molar-refractivity contribution in [2.75, 3.05) is 51.6 Å². The monoisotopic (exact) mass is 841 g/mol. The topological polar surface area (TPSA) is 217 Å². The van der Waals surface area contributed by atoms with Gasteiger partial charge in [-0.15, -0.1) is 0 Å². The fourth-order valence-corrected chi connectivity index (χ4v) is 8.41. The number of hydrogen-bond acceptors (Lipinski definition) is 11. The van der Waals surface area contributed by atoms with Crippen molar-refractivity contribution in [3.63, 3.8) is 0 Å². The Labute approximate surface area is 344 Å². The Kier molecular flexibility index (Phi) is 12.7. The SMILES string of the molecule is C[C@@H]1C[C@H]2CO[C@@H](C)[C@H](NC(=O)[C@H](Cc3cc(F)cc(F)c3)NC(=O)Nc3ccc4c(c3)OCO4)C(=O)N3C[C@H](O)C[C@H]3C(=O)N3CCOC[C@H]3C(=O)N[C@@H](C)C(=O)N2C1. The summed E-state index contributed by atoms with van der Waals surface area (Å²) >= 11 is 0. The van der Waals surface area contributed by atoms with E-state index in [4.69, 9.17) is 18.9 Å². The van der Waals surface area contributed by atoms with Gasteiger partial charge in [-0.25, -0.2) is 13.6 Å². The maximum atomic E-state index is 14.7. The van der Waals surface area contributed by atoms with Crippen LogP contribution < -0.4 is 30.7 Å². The first-order valence-electron chi connectivity index (χ1n) is 20.0. The van der Waals surface area contributed by atoms with Crippen molar-refractivity contribution in [1.82, 2.24) is 30.7 Å². The number of morpholine rings is 1. The molecule has 7 amide bonds. The molecule has 4 fully saturated rings. The van der Waals surface area contributed by atoms with Gasteiger partial charge in [0.2, 0.25) is 36.3 Å². The maximum Gasteiger partial charge on any atom is 0.319 e. The number of ether oxygens (including phenoxy) is 4. The average molecular weight is 842 g/mol. The molecule has 60 heavy (non-hydrogen) atoms. The Balaban J connectivity index is 1.20. The zero-order valence-corrected chi connectivity index (χ0v) is 33.4. The normalized spacial score (nSPS) is 29.0. The minimum absolute atomic E-state index is 0.00893. The molecule has 324 valence electrons. The van der Waals surface area contributed by atoms with Crippen LogP contribution in [0.25, 0.3) is 0 Å². The zero-order valence-electron chi connectivity index (χ0n) is 33.4. The van der Waals surface area contributed by atoms with Crippen LogP contribution in [0.2, 0.25) is 0 Å². The van der Waals surface area contributed by atoms with Crippen molar-refractivity contribution in [2.45, 2.75) is 88.5 Å². The van der Waals surface area contributed by atoms with Gasteiger partial charge >= 0.3 is 6.03 Å². The second kappa shape index (κ2) is 17.9. The molecule has 0 unspecified atom stereocenters. The molecule has 5 N–H and O–H groups in total. The van der Waals surface area contributed by atoms with Crippen molar-refractivity contribution >= 4 is 41.3 Å². The number of nitrogens with zero attached hydrogens (tertiary/aromatic N) is 3. The molecule has 0 spiro atoms. The van der Waals surface area contributed by atoms with Crippen LogP contribution in [0.4, 0.5) is 19.3 Å². The van der Waals surface area contributed by atoms with Gasteiger partial charge in [-0.2, -0.15) is 0 Å². The summed E-state index contributed by atoms with van der Waals surface area (Å²) in [5.41, 5.74) is 0.283. The largest absolute Gasteiger partial charge is 0.454 e. The minimum Gasteiger partial charge on any atom is -0.454 e. The van der Waals surface area contributed by atoms with Gasteiger partial charge in [0.1, 0.15) is 41.8 Å². The van der Waals surface area contributed by atoms with E-state index in [-0.39, 0.29) is 69.2 Å². The number of nitrogens with one attached hydrogen (secondary N) is 4. The van der Waals surface area contributed by atoms with Crippen LogP contribution in [0.5, 0.6) is 11.5 Å². The number of amides is 7. The Morgan fingerprint density at radius 3 is 2.40 bits per heavy atom. The number of carbonyl (C=O) groups is 6. The van der Waals surface area contributed by atoms with Crippen LogP contribution in [0.1, 0.15) is 39.2 Å². The van der Waals surface area contributed by atoms with Gasteiger partial charge in [0.25, 0.3) is 0 Å². The van der Waals surface area contributed by atoms with E-state index in [2.05, 4.69) is 21.3 Å². The predicted molar refractivity (Wildman–Crippen MR) is 205 cm³/mol. The first kappa shape index (κ1) is 42.5. The maximum absolute atomic E-state index is 14.7. The van der Waals surface area contributed by atoms with Crippen LogP contribution in [0.3, 0.4) is 0 Å². The van der Waals surface area contributed by atoms with E-state index < -0.39 is 96.2 Å². The molecule has 2 aromatic rings. The van der Waals surface area contributed by atoms with Gasteiger partial charge in [-0.3, -0.25) is 24.0 Å². The summed E-state index contributed by atoms with van der Waals surface area (Å²) in [6.45, 7) is 4.95. The van der Waals surface area contributed by atoms with E-state index in [1.807, 2.05) is 6.92 Å². The first-order valence-corrected chi connectivity index (χ1v) is 20.0. The van der Waals surface area contributed by atoms with Gasteiger partial charge < -0.3 is 60.0 Å². The molecule has 0 bridgehead atoms. The van der Waals surface area contributed by atoms with Crippen LogP contribution in [-0.4, -0.2) is 150 Å². The number of aliphatic hydroxyl groups excluding tert-OH is 1. The van der Waals surface area contributed by atoms with Crippen molar-refractivity contribution in [2.24, 2.45) is 5.92 Å². The van der Waals surface area contributed by atoms with E-state index in [1.165, 1.54) is 24.0 Å². The third-order valence-electron chi connectivity index (χ3n) is 11.4. The lowest BCUT2D eigenvalue weighted by molar-refractivity contribution is -0.157. The number of carbonyl (C=O) groups excluding carboxylic acids is 6. The lowest BCUT2D eigenvalue weighted by Gasteiger charge is -2.39. The fraction of sp³-hybridized carbons (Fsp3) is 0.550. The summed E-state index contributed by atoms with van der Waals surface area (Å²) in [4.78, 5) is 88.3. The molecular formula is C40H49F2N7O11. The molecule has 5 heterocycles. The number of halogens is 2. The second-order valence-electron chi connectivity index (χ2n) is 16.0. The summed E-state index contributed by atoms with van der Waals surface area (Å²) in [7, 11) is 0. The highest BCUT2D eigenvalue weighted by Crippen LogP contribution is 2.34. The number of benzene rings is 2. The number of fused-ring (bicyclic) bond motifs is 4. The molecule has 18 nitrogen and oxygen atoms in total. The Hall–Kier alpha value is -5.60. The van der Waals surface area contributed by atoms with Crippen molar-refractivity contribution in [1.29, 1.82) is 0 Å². The van der Waals surface area contributed by atoms with Crippen molar-refractivity contribution < 1.29 is 61.6 Å². The van der Waals surface area contributed by atoms with Crippen LogP contribution >= 0.6 is 0 Å². The number of hydrogen-bond donors (Lipinski definition) is 5. The molecule has 9 atom stereocenters. The van der Waals surface area contributed by atoms with Crippen LogP contribution in [0, 0.1) is 17.6 Å². The molecule has 7 rings (SSSR count). The summed E-state index contributed by atoms with van der Waals surface area (Å²) in [6, 6.07) is -0.543. The van der Waals surface area contributed by atoms with E-state index >= 15 is 0 Å². The number of anilines is 1. The molecule has 2 aromatic carbocycles. The van der Waals surface area contributed by atoms with E-state index in [1.54, 1.807) is 17.9 Å². The highest BCUT2D eigenvalue weighted by molar-refractivity contribution is 5.98. The molecule has 20 heteroatoms. The Morgan fingerprint density at radius 2 is 1.63 bits per heavy atom. The van der Waals surface area contributed by atoms with Crippen LogP contribution in [0.15, 0.2) is 36.4 Å². The zero-order chi connectivity index (χ0) is 42.8. The molecular weight excluding hydrogens is 792 g/mol. The third-order valence-corrected chi connectivity index (χ3v) is 11.4. The summed E-state index contributed by atoms with van der Waals surface area (Å²) in [5.74, 6) is -4.34. The predicted octanol–water partition coefficient (Wildman–Crippen LogP) is 0.261. The van der Waals surface area contributed by atoms with Gasteiger partial charge in [-0.1, -0.05) is 6.92 Å². The van der Waals surface area contributed by atoms with Crippen LogP contribution in [-0.2, 0) is 39.9 Å². The van der Waals surface area contributed by atoms with Crippen molar-refractivity contribution in [3.05, 3.63) is 53.6 Å². The van der Waals surface area contributed by atoms with Gasteiger partial charge in [0.15, 0.2) is 11.5 Å². The van der Waals surface area contributed by atoms with E-state index in [0.29, 0.717) is 30.5 Å². The minimum atomic E-state index is -1.55.